The molecular formula is C15H23N3O2S. The Hall–Kier alpha value is -0.980. The van der Waals surface area contributed by atoms with Crippen molar-refractivity contribution in [3.05, 3.63) is 27.1 Å². The van der Waals surface area contributed by atoms with Crippen molar-refractivity contribution in [3.63, 3.8) is 0 Å². The molecule has 1 aromatic heterocycles. The number of piperidine rings is 1. The van der Waals surface area contributed by atoms with Gasteiger partial charge in [-0.25, -0.2) is 0 Å². The quantitative estimate of drug-likeness (QED) is 0.648. The Labute approximate surface area is 129 Å². The van der Waals surface area contributed by atoms with E-state index in [4.69, 9.17) is 0 Å². The molecule has 0 radical (unpaired) electrons. The molecule has 2 fully saturated rings. The molecule has 0 saturated carbocycles. The van der Waals surface area contributed by atoms with E-state index in [2.05, 4.69) is 17.1 Å². The fourth-order valence-corrected chi connectivity index (χ4v) is 4.50. The van der Waals surface area contributed by atoms with Crippen LogP contribution in [0.1, 0.15) is 44.6 Å². The second-order valence-corrected chi connectivity index (χ2v) is 7.17. The van der Waals surface area contributed by atoms with Crippen LogP contribution in [0.3, 0.4) is 0 Å². The molecule has 5 nitrogen and oxygen atoms in total. The molecule has 0 aromatic carbocycles. The van der Waals surface area contributed by atoms with Gasteiger partial charge < -0.3 is 5.32 Å². The molecule has 116 valence electrons. The molecule has 2 atom stereocenters. The number of nitro groups is 1. The number of hydrogen-bond acceptors (Lipinski definition) is 5. The Morgan fingerprint density at radius 1 is 1.43 bits per heavy atom. The predicted octanol–water partition coefficient (Wildman–Crippen LogP) is 3.15. The Balaban J connectivity index is 1.67. The van der Waals surface area contributed by atoms with Crippen molar-refractivity contribution in [2.45, 2.75) is 63.7 Å². The highest BCUT2D eigenvalue weighted by Crippen LogP contribution is 2.31. The maximum Gasteiger partial charge on any atom is 0.324 e. The van der Waals surface area contributed by atoms with Crippen LogP contribution in [-0.4, -0.2) is 34.5 Å². The van der Waals surface area contributed by atoms with Gasteiger partial charge in [-0.05, 0) is 44.2 Å². The van der Waals surface area contributed by atoms with Gasteiger partial charge in [0, 0.05) is 36.1 Å². The summed E-state index contributed by atoms with van der Waals surface area (Å²) in [5, 5.41) is 16.7. The van der Waals surface area contributed by atoms with Gasteiger partial charge in [-0.3, -0.25) is 15.0 Å². The summed E-state index contributed by atoms with van der Waals surface area (Å²) < 4.78 is 0. The molecular weight excluding hydrogens is 286 g/mol. The number of nitrogens with zero attached hydrogens (tertiary/aromatic N) is 2. The van der Waals surface area contributed by atoms with Gasteiger partial charge in [-0.2, -0.15) is 0 Å². The lowest BCUT2D eigenvalue weighted by Crippen LogP contribution is -2.48. The predicted molar refractivity (Wildman–Crippen MR) is 84.6 cm³/mol. The lowest BCUT2D eigenvalue weighted by molar-refractivity contribution is -0.380. The van der Waals surface area contributed by atoms with Crippen molar-refractivity contribution >= 4 is 16.3 Å². The van der Waals surface area contributed by atoms with Crippen LogP contribution in [0.15, 0.2) is 11.4 Å². The Bertz CT molecular complexity index is 493. The van der Waals surface area contributed by atoms with E-state index in [1.165, 1.54) is 37.0 Å². The Kier molecular flexibility index (Phi) is 4.57. The van der Waals surface area contributed by atoms with Gasteiger partial charge in [-0.15, -0.1) is 0 Å². The average molecular weight is 309 g/mol. The number of fused-ring (bicyclic) bond motifs is 2. The van der Waals surface area contributed by atoms with Crippen molar-refractivity contribution in [1.82, 2.24) is 10.2 Å². The van der Waals surface area contributed by atoms with Gasteiger partial charge in [0.15, 0.2) is 0 Å². The van der Waals surface area contributed by atoms with Gasteiger partial charge >= 0.3 is 5.00 Å². The Morgan fingerprint density at radius 2 is 2.14 bits per heavy atom. The van der Waals surface area contributed by atoms with Crippen LogP contribution in [0, 0.1) is 10.1 Å². The molecule has 2 saturated heterocycles. The first-order valence-electron chi connectivity index (χ1n) is 7.87. The molecule has 1 N–H and O–H groups in total. The van der Waals surface area contributed by atoms with Crippen molar-refractivity contribution in [2.24, 2.45) is 0 Å². The van der Waals surface area contributed by atoms with Crippen LogP contribution in [0.4, 0.5) is 5.00 Å². The normalized spacial score (nSPS) is 28.2. The van der Waals surface area contributed by atoms with E-state index in [1.54, 1.807) is 6.07 Å². The summed E-state index contributed by atoms with van der Waals surface area (Å²) in [6.07, 6.45) is 6.20. The fourth-order valence-electron chi connectivity index (χ4n) is 3.78. The van der Waals surface area contributed by atoms with Gasteiger partial charge in [0.05, 0.1) is 4.92 Å². The average Bonchev–Trinajstić information content (AvgIpc) is 3.05. The topological polar surface area (TPSA) is 58.4 Å². The fraction of sp³-hybridized carbons (Fsp3) is 0.733. The zero-order chi connectivity index (χ0) is 14.8. The van der Waals surface area contributed by atoms with Crippen molar-refractivity contribution in [3.8, 4) is 0 Å². The molecule has 2 aliphatic rings. The molecule has 2 unspecified atom stereocenters. The second kappa shape index (κ2) is 6.42. The van der Waals surface area contributed by atoms with Crippen molar-refractivity contribution < 1.29 is 4.92 Å². The summed E-state index contributed by atoms with van der Waals surface area (Å²) in [4.78, 5) is 13.1. The zero-order valence-corrected chi connectivity index (χ0v) is 13.3. The van der Waals surface area contributed by atoms with Crippen LogP contribution >= 0.6 is 11.3 Å². The van der Waals surface area contributed by atoms with Gasteiger partial charge in [0.2, 0.25) is 0 Å². The van der Waals surface area contributed by atoms with Crippen molar-refractivity contribution in [1.29, 1.82) is 0 Å². The minimum Gasteiger partial charge on any atom is -0.311 e. The molecule has 0 aliphatic carbocycles. The molecule has 6 heteroatoms. The molecule has 1 aromatic rings. The number of thiophene rings is 1. The summed E-state index contributed by atoms with van der Waals surface area (Å²) in [5.74, 6) is 0. The van der Waals surface area contributed by atoms with E-state index < -0.39 is 0 Å². The Morgan fingerprint density at radius 3 is 2.71 bits per heavy atom. The first-order valence-corrected chi connectivity index (χ1v) is 8.75. The maximum atomic E-state index is 10.8. The minimum atomic E-state index is -0.289. The monoisotopic (exact) mass is 309 g/mol. The van der Waals surface area contributed by atoms with E-state index in [9.17, 15) is 10.1 Å². The summed E-state index contributed by atoms with van der Waals surface area (Å²) >= 11 is 1.24. The number of nitrogens with one attached hydrogen (secondary N) is 1. The van der Waals surface area contributed by atoms with Crippen LogP contribution in [0.2, 0.25) is 0 Å². The second-order valence-electron chi connectivity index (χ2n) is 6.28. The third-order valence-corrected chi connectivity index (χ3v) is 5.61. The molecule has 0 spiro atoms. The van der Waals surface area contributed by atoms with Gasteiger partial charge in [0.25, 0.3) is 0 Å². The van der Waals surface area contributed by atoms with E-state index >= 15 is 0 Å². The molecule has 3 heterocycles. The van der Waals surface area contributed by atoms with Crippen LogP contribution in [0.25, 0.3) is 0 Å². The summed E-state index contributed by atoms with van der Waals surface area (Å²) in [7, 11) is 0. The lowest BCUT2D eigenvalue weighted by Gasteiger charge is -2.37. The molecule has 2 bridgehead atoms. The molecule has 3 rings (SSSR count). The maximum absolute atomic E-state index is 10.8. The standard InChI is InChI=1S/C15H23N3O2S/c1-2-5-17(9-11-6-15(18(19)20)21-10-11)14-7-12-3-4-13(8-14)16-12/h6,10,12-14,16H,2-5,7-9H2,1H3. The highest BCUT2D eigenvalue weighted by molar-refractivity contribution is 7.13. The third kappa shape index (κ3) is 3.44. The van der Waals surface area contributed by atoms with Crippen LogP contribution in [0.5, 0.6) is 0 Å². The van der Waals surface area contributed by atoms with E-state index in [-0.39, 0.29) is 9.92 Å². The highest BCUT2D eigenvalue weighted by atomic mass is 32.1. The first-order chi connectivity index (χ1) is 10.2. The summed E-state index contributed by atoms with van der Waals surface area (Å²) in [6.45, 7) is 4.13. The van der Waals surface area contributed by atoms with Gasteiger partial charge in [-0.1, -0.05) is 18.3 Å². The third-order valence-electron chi connectivity index (χ3n) is 4.68. The largest absolute Gasteiger partial charge is 0.324 e. The van der Waals surface area contributed by atoms with Gasteiger partial charge in [0.1, 0.15) is 0 Å². The van der Waals surface area contributed by atoms with Crippen LogP contribution < -0.4 is 5.32 Å². The summed E-state index contributed by atoms with van der Waals surface area (Å²) in [6, 6.07) is 3.74. The number of hydrogen-bond donors (Lipinski definition) is 1. The van der Waals surface area contributed by atoms with E-state index in [0.717, 1.165) is 25.1 Å². The SMILES string of the molecule is CCCN(Cc1csc([N+](=O)[O-])c1)C1CC2CCC(C1)N2. The molecule has 2 aliphatic heterocycles. The highest BCUT2D eigenvalue weighted by Gasteiger charge is 2.35. The van der Waals surface area contributed by atoms with E-state index in [1.807, 2.05) is 5.38 Å². The smallest absolute Gasteiger partial charge is 0.311 e. The number of rotatable bonds is 6. The van der Waals surface area contributed by atoms with E-state index in [0.29, 0.717) is 18.1 Å². The molecule has 21 heavy (non-hydrogen) atoms. The van der Waals surface area contributed by atoms with Crippen LogP contribution in [-0.2, 0) is 6.54 Å². The molecule has 0 amide bonds. The summed E-state index contributed by atoms with van der Waals surface area (Å²) in [5.41, 5.74) is 1.09. The first kappa shape index (κ1) is 14.9. The lowest BCUT2D eigenvalue weighted by atomic mass is 9.97. The minimum absolute atomic E-state index is 0.256. The zero-order valence-electron chi connectivity index (χ0n) is 12.5. The van der Waals surface area contributed by atoms with Crippen molar-refractivity contribution in [2.75, 3.05) is 6.54 Å².